The molecule has 2 heterocycles. The molecule has 1 aliphatic heterocycles. The number of carbonyl (C=O) groups is 3. The molecule has 1 N–H and O–H groups in total. The van der Waals surface area contributed by atoms with E-state index in [1.807, 2.05) is 0 Å². The Hall–Kier alpha value is -3.94. The number of amides is 4. The highest BCUT2D eigenvalue weighted by Crippen LogP contribution is 2.28. The minimum Gasteiger partial charge on any atom is -0.467 e. The maximum atomic E-state index is 13.1. The standard InChI is InChI=1S/C22H18FN3O4/c23-15-8-10-16(11-9-15)24-20(27)13-19-21(28)26(17-5-2-1-3-6-17)22(29)25(19)14-18-7-4-12-30-18/h1-12,19H,13-14H2,(H,24,27)/t19-/m1/s1. The zero-order valence-corrected chi connectivity index (χ0v) is 15.8. The number of hydrogen-bond donors (Lipinski definition) is 1. The fraction of sp³-hybridized carbons (Fsp3) is 0.136. The minimum atomic E-state index is -0.997. The van der Waals surface area contributed by atoms with Crippen molar-refractivity contribution in [2.45, 2.75) is 19.0 Å². The van der Waals surface area contributed by atoms with E-state index in [9.17, 15) is 18.8 Å². The maximum absolute atomic E-state index is 13.1. The van der Waals surface area contributed by atoms with Crippen molar-refractivity contribution in [3.05, 3.63) is 84.6 Å². The molecule has 30 heavy (non-hydrogen) atoms. The Labute approximate surface area is 171 Å². The first-order valence-corrected chi connectivity index (χ1v) is 9.30. The topological polar surface area (TPSA) is 82.9 Å². The molecule has 1 fully saturated rings. The summed E-state index contributed by atoms with van der Waals surface area (Å²) in [7, 11) is 0. The number of nitrogens with one attached hydrogen (secondary N) is 1. The molecule has 1 atom stereocenters. The van der Waals surface area contributed by atoms with Crippen molar-refractivity contribution in [2.24, 2.45) is 0 Å². The summed E-state index contributed by atoms with van der Waals surface area (Å²) in [4.78, 5) is 41.1. The number of carbonyl (C=O) groups excluding carboxylic acids is 3. The third-order valence-corrected chi connectivity index (χ3v) is 4.75. The molecule has 1 aliphatic rings. The molecule has 1 aromatic heterocycles. The Balaban J connectivity index is 1.57. The molecule has 0 saturated carbocycles. The largest absolute Gasteiger partial charge is 0.467 e. The Morgan fingerprint density at radius 2 is 1.73 bits per heavy atom. The summed E-state index contributed by atoms with van der Waals surface area (Å²) >= 11 is 0. The average molecular weight is 407 g/mol. The Morgan fingerprint density at radius 3 is 2.40 bits per heavy atom. The van der Waals surface area contributed by atoms with Crippen LogP contribution in [0.4, 0.5) is 20.6 Å². The number of benzene rings is 2. The van der Waals surface area contributed by atoms with Crippen LogP contribution in [-0.2, 0) is 16.1 Å². The number of halogens is 1. The van der Waals surface area contributed by atoms with Gasteiger partial charge in [0.2, 0.25) is 5.91 Å². The van der Waals surface area contributed by atoms with Crippen LogP contribution in [0.2, 0.25) is 0 Å². The SMILES string of the molecule is O=C(C[C@@H]1C(=O)N(c2ccccc2)C(=O)N1Cc1ccco1)Nc1ccc(F)cc1. The summed E-state index contributed by atoms with van der Waals surface area (Å²) in [6.07, 6.45) is 1.23. The van der Waals surface area contributed by atoms with E-state index < -0.39 is 29.7 Å². The number of rotatable bonds is 6. The van der Waals surface area contributed by atoms with Gasteiger partial charge in [0.1, 0.15) is 17.6 Å². The lowest BCUT2D eigenvalue weighted by Gasteiger charge is -2.20. The molecule has 7 nitrogen and oxygen atoms in total. The lowest BCUT2D eigenvalue weighted by atomic mass is 10.1. The van der Waals surface area contributed by atoms with Crippen LogP contribution in [0.5, 0.6) is 0 Å². The lowest BCUT2D eigenvalue weighted by Crippen LogP contribution is -2.37. The van der Waals surface area contributed by atoms with Gasteiger partial charge >= 0.3 is 6.03 Å². The molecule has 0 spiro atoms. The van der Waals surface area contributed by atoms with Crippen LogP contribution in [0.15, 0.2) is 77.4 Å². The summed E-state index contributed by atoms with van der Waals surface area (Å²) in [6.45, 7) is 0.0510. The van der Waals surface area contributed by atoms with Crippen molar-refractivity contribution in [3.63, 3.8) is 0 Å². The molecule has 4 amide bonds. The molecule has 0 aliphatic carbocycles. The number of nitrogens with zero attached hydrogens (tertiary/aromatic N) is 2. The zero-order chi connectivity index (χ0) is 21.1. The zero-order valence-electron chi connectivity index (χ0n) is 15.8. The molecule has 0 radical (unpaired) electrons. The molecule has 4 rings (SSSR count). The van der Waals surface area contributed by atoms with Gasteiger partial charge in [-0.25, -0.2) is 14.1 Å². The fourth-order valence-electron chi connectivity index (χ4n) is 3.32. The van der Waals surface area contributed by atoms with Crippen LogP contribution in [-0.4, -0.2) is 28.8 Å². The number of imide groups is 1. The van der Waals surface area contributed by atoms with E-state index in [-0.39, 0.29) is 13.0 Å². The summed E-state index contributed by atoms with van der Waals surface area (Å²) in [6, 6.07) is 15.7. The van der Waals surface area contributed by atoms with Crippen molar-refractivity contribution < 1.29 is 23.2 Å². The number of para-hydroxylation sites is 1. The van der Waals surface area contributed by atoms with E-state index in [4.69, 9.17) is 4.42 Å². The normalized spacial score (nSPS) is 16.2. The summed E-state index contributed by atoms with van der Waals surface area (Å²) in [5.41, 5.74) is 0.828. The minimum absolute atomic E-state index is 0.0510. The molecule has 8 heteroatoms. The van der Waals surface area contributed by atoms with Gasteiger partial charge in [0.05, 0.1) is 24.9 Å². The lowest BCUT2D eigenvalue weighted by molar-refractivity contribution is -0.124. The van der Waals surface area contributed by atoms with E-state index in [0.717, 1.165) is 4.90 Å². The Morgan fingerprint density at radius 1 is 1.00 bits per heavy atom. The second-order valence-electron chi connectivity index (χ2n) is 6.77. The van der Waals surface area contributed by atoms with E-state index in [0.29, 0.717) is 17.1 Å². The van der Waals surface area contributed by atoms with E-state index in [2.05, 4.69) is 5.32 Å². The van der Waals surface area contributed by atoms with Crippen LogP contribution in [0.25, 0.3) is 0 Å². The number of urea groups is 1. The van der Waals surface area contributed by atoms with Gasteiger partial charge in [-0.2, -0.15) is 0 Å². The van der Waals surface area contributed by atoms with Crippen LogP contribution < -0.4 is 10.2 Å². The number of furan rings is 1. The van der Waals surface area contributed by atoms with Gasteiger partial charge in [-0.3, -0.25) is 9.59 Å². The Kier molecular flexibility index (Phi) is 5.30. The van der Waals surface area contributed by atoms with Crippen molar-refractivity contribution in [1.29, 1.82) is 0 Å². The Bertz CT molecular complexity index is 1050. The van der Waals surface area contributed by atoms with Gasteiger partial charge in [-0.15, -0.1) is 0 Å². The smallest absolute Gasteiger partial charge is 0.332 e. The van der Waals surface area contributed by atoms with Gasteiger partial charge in [-0.1, -0.05) is 18.2 Å². The quantitative estimate of drug-likeness (QED) is 0.631. The number of hydrogen-bond acceptors (Lipinski definition) is 4. The van der Waals surface area contributed by atoms with E-state index >= 15 is 0 Å². The molecule has 152 valence electrons. The molecule has 3 aromatic rings. The first-order valence-electron chi connectivity index (χ1n) is 9.30. The first kappa shape index (κ1) is 19.4. The predicted molar refractivity (Wildman–Crippen MR) is 107 cm³/mol. The van der Waals surface area contributed by atoms with Gasteiger partial charge in [0.25, 0.3) is 5.91 Å². The summed E-state index contributed by atoms with van der Waals surface area (Å²) < 4.78 is 18.4. The fourth-order valence-corrected chi connectivity index (χ4v) is 3.32. The molecule has 0 bridgehead atoms. The summed E-state index contributed by atoms with van der Waals surface area (Å²) in [5, 5.41) is 2.63. The highest BCUT2D eigenvalue weighted by Gasteiger charge is 2.46. The second kappa shape index (κ2) is 8.20. The van der Waals surface area contributed by atoms with Gasteiger partial charge < -0.3 is 14.6 Å². The third kappa shape index (κ3) is 3.93. The van der Waals surface area contributed by atoms with Gasteiger partial charge in [0, 0.05) is 5.69 Å². The second-order valence-corrected chi connectivity index (χ2v) is 6.77. The van der Waals surface area contributed by atoms with Gasteiger partial charge in [0.15, 0.2) is 0 Å². The molecular weight excluding hydrogens is 389 g/mol. The maximum Gasteiger partial charge on any atom is 0.332 e. The predicted octanol–water partition coefficient (Wildman–Crippen LogP) is 3.78. The first-order chi connectivity index (χ1) is 14.5. The summed E-state index contributed by atoms with van der Waals surface area (Å²) in [5.74, 6) is -0.887. The van der Waals surface area contributed by atoms with Crippen LogP contribution >= 0.6 is 0 Å². The van der Waals surface area contributed by atoms with Crippen molar-refractivity contribution >= 4 is 29.2 Å². The van der Waals surface area contributed by atoms with Crippen molar-refractivity contribution in [3.8, 4) is 0 Å². The van der Waals surface area contributed by atoms with Crippen molar-refractivity contribution in [2.75, 3.05) is 10.2 Å². The third-order valence-electron chi connectivity index (χ3n) is 4.75. The van der Waals surface area contributed by atoms with Crippen molar-refractivity contribution in [1.82, 2.24) is 4.90 Å². The molecular formula is C22H18FN3O4. The molecule has 2 aromatic carbocycles. The average Bonchev–Trinajstić information content (AvgIpc) is 3.33. The van der Waals surface area contributed by atoms with Crippen LogP contribution in [0.3, 0.4) is 0 Å². The van der Waals surface area contributed by atoms with E-state index in [1.165, 1.54) is 35.4 Å². The highest BCUT2D eigenvalue weighted by molar-refractivity contribution is 6.22. The molecule has 1 saturated heterocycles. The van der Waals surface area contributed by atoms with Crippen LogP contribution in [0.1, 0.15) is 12.2 Å². The monoisotopic (exact) mass is 407 g/mol. The number of anilines is 2. The van der Waals surface area contributed by atoms with Crippen LogP contribution in [0, 0.1) is 5.82 Å². The highest BCUT2D eigenvalue weighted by atomic mass is 19.1. The molecule has 0 unspecified atom stereocenters. The van der Waals surface area contributed by atoms with Gasteiger partial charge in [-0.05, 0) is 48.5 Å². The van der Waals surface area contributed by atoms with E-state index in [1.54, 1.807) is 42.5 Å².